The minimum Gasteiger partial charge on any atom is -0.320 e. The molecule has 0 fully saturated rings. The van der Waals surface area contributed by atoms with E-state index < -0.39 is 0 Å². The molecule has 0 saturated heterocycles. The van der Waals surface area contributed by atoms with E-state index in [-0.39, 0.29) is 0 Å². The monoisotopic (exact) mass is 316 g/mol. The number of hydrogen-bond acceptors (Lipinski definition) is 2. The van der Waals surface area contributed by atoms with E-state index in [1.54, 1.807) is 0 Å². The Morgan fingerprint density at radius 3 is 1.58 bits per heavy atom. The largest absolute Gasteiger partial charge is 0.320 e. The Balaban J connectivity index is 1.82. The standard InChI is InChI=1S/C18H16N6/c1-21-9-5-19-17(21)23-7-3-13-11-14-4-8-24(16(14)12-15(13)23)18-20-6-10-22(18)2/h3-12H,1-2H3. The first-order chi connectivity index (χ1) is 11.7. The van der Waals surface area contributed by atoms with Crippen molar-refractivity contribution in [3.05, 3.63) is 61.4 Å². The van der Waals surface area contributed by atoms with Crippen LogP contribution in [0.25, 0.3) is 33.7 Å². The first-order valence-corrected chi connectivity index (χ1v) is 7.80. The average Bonchev–Trinajstić information content (AvgIpc) is 3.32. The summed E-state index contributed by atoms with van der Waals surface area (Å²) in [6, 6.07) is 8.67. The van der Waals surface area contributed by atoms with Crippen LogP contribution in [0.15, 0.2) is 61.4 Å². The predicted molar refractivity (Wildman–Crippen MR) is 93.6 cm³/mol. The Morgan fingerprint density at radius 1 is 0.667 bits per heavy atom. The van der Waals surface area contributed by atoms with Gasteiger partial charge < -0.3 is 9.13 Å². The summed E-state index contributed by atoms with van der Waals surface area (Å²) in [4.78, 5) is 8.93. The smallest absolute Gasteiger partial charge is 0.213 e. The predicted octanol–water partition coefficient (Wildman–Crippen LogP) is 3.04. The molecule has 5 aromatic rings. The maximum absolute atomic E-state index is 4.47. The minimum absolute atomic E-state index is 0.902. The SMILES string of the molecule is Cn1ccnc1-n1ccc2cc3ccn(-c4nccn4C)c3cc21. The van der Waals surface area contributed by atoms with Gasteiger partial charge in [-0.2, -0.15) is 0 Å². The molecule has 0 atom stereocenters. The van der Waals surface area contributed by atoms with Gasteiger partial charge in [-0.15, -0.1) is 0 Å². The van der Waals surface area contributed by atoms with Crippen LogP contribution in [-0.2, 0) is 14.1 Å². The van der Waals surface area contributed by atoms with Gasteiger partial charge in [-0.3, -0.25) is 9.13 Å². The van der Waals surface area contributed by atoms with E-state index in [1.165, 1.54) is 10.8 Å². The van der Waals surface area contributed by atoms with Crippen LogP contribution in [0, 0.1) is 0 Å². The summed E-state index contributed by atoms with van der Waals surface area (Å²) < 4.78 is 8.26. The minimum atomic E-state index is 0.902. The molecule has 1 aromatic carbocycles. The molecule has 0 aliphatic carbocycles. The third-order valence-corrected chi connectivity index (χ3v) is 4.52. The molecule has 118 valence electrons. The zero-order valence-electron chi connectivity index (χ0n) is 13.5. The highest BCUT2D eigenvalue weighted by Gasteiger charge is 2.12. The molecule has 0 spiro atoms. The van der Waals surface area contributed by atoms with E-state index >= 15 is 0 Å². The fourth-order valence-electron chi connectivity index (χ4n) is 3.29. The van der Waals surface area contributed by atoms with Crippen LogP contribution in [0.1, 0.15) is 0 Å². The van der Waals surface area contributed by atoms with Crippen molar-refractivity contribution in [3.8, 4) is 11.9 Å². The molecule has 0 amide bonds. The molecule has 24 heavy (non-hydrogen) atoms. The Labute approximate surface area is 138 Å². The Hall–Kier alpha value is -3.28. The fraction of sp³-hybridized carbons (Fsp3) is 0.111. The van der Waals surface area contributed by atoms with Gasteiger partial charge in [0.1, 0.15) is 0 Å². The fourth-order valence-corrected chi connectivity index (χ4v) is 3.29. The van der Waals surface area contributed by atoms with Gasteiger partial charge in [0, 0.05) is 62.0 Å². The first-order valence-electron chi connectivity index (χ1n) is 7.80. The van der Waals surface area contributed by atoms with Gasteiger partial charge in [0.25, 0.3) is 0 Å². The van der Waals surface area contributed by atoms with Gasteiger partial charge in [-0.25, -0.2) is 9.97 Å². The topological polar surface area (TPSA) is 45.5 Å². The third-order valence-electron chi connectivity index (χ3n) is 4.52. The maximum Gasteiger partial charge on any atom is 0.213 e. The second kappa shape index (κ2) is 4.61. The number of aromatic nitrogens is 6. The highest BCUT2D eigenvalue weighted by molar-refractivity contribution is 5.97. The van der Waals surface area contributed by atoms with E-state index in [9.17, 15) is 0 Å². The van der Waals surface area contributed by atoms with Gasteiger partial charge in [0.15, 0.2) is 0 Å². The molecule has 5 rings (SSSR count). The van der Waals surface area contributed by atoms with E-state index in [0.29, 0.717) is 0 Å². The van der Waals surface area contributed by atoms with Crippen LogP contribution >= 0.6 is 0 Å². The molecule has 6 heteroatoms. The highest BCUT2D eigenvalue weighted by Crippen LogP contribution is 2.27. The summed E-state index contributed by atoms with van der Waals surface area (Å²) in [6.07, 6.45) is 11.7. The molecular weight excluding hydrogens is 300 g/mol. The quantitative estimate of drug-likeness (QED) is 0.502. The number of aryl methyl sites for hydroxylation is 2. The van der Waals surface area contributed by atoms with Crippen molar-refractivity contribution >= 4 is 21.8 Å². The third kappa shape index (κ3) is 1.70. The molecule has 6 nitrogen and oxygen atoms in total. The van der Waals surface area contributed by atoms with E-state index in [2.05, 4.69) is 55.8 Å². The first kappa shape index (κ1) is 13.2. The lowest BCUT2D eigenvalue weighted by Crippen LogP contribution is -2.02. The Morgan fingerprint density at radius 2 is 1.17 bits per heavy atom. The number of fused-ring (bicyclic) bond motifs is 2. The summed E-state index contributed by atoms with van der Waals surface area (Å²) in [7, 11) is 4.01. The van der Waals surface area contributed by atoms with Gasteiger partial charge in [0.05, 0.1) is 11.0 Å². The normalized spacial score (nSPS) is 11.8. The molecule has 0 unspecified atom stereocenters. The van der Waals surface area contributed by atoms with Crippen molar-refractivity contribution in [1.82, 2.24) is 28.2 Å². The molecular formula is C18H16N6. The van der Waals surface area contributed by atoms with Gasteiger partial charge in [-0.1, -0.05) is 0 Å². The summed E-state index contributed by atoms with van der Waals surface area (Å²) in [5, 5.41) is 2.39. The number of rotatable bonds is 2. The highest BCUT2D eigenvalue weighted by atomic mass is 15.2. The lowest BCUT2D eigenvalue weighted by molar-refractivity contribution is 0.832. The van der Waals surface area contributed by atoms with Crippen LogP contribution in [0.2, 0.25) is 0 Å². The molecule has 4 aromatic heterocycles. The van der Waals surface area contributed by atoms with E-state index in [0.717, 1.165) is 22.9 Å². The van der Waals surface area contributed by atoms with Crippen molar-refractivity contribution in [2.75, 3.05) is 0 Å². The van der Waals surface area contributed by atoms with Crippen molar-refractivity contribution in [1.29, 1.82) is 0 Å². The molecule has 0 aliphatic rings. The van der Waals surface area contributed by atoms with E-state index in [1.807, 2.05) is 48.0 Å². The van der Waals surface area contributed by atoms with Crippen LogP contribution in [0.3, 0.4) is 0 Å². The number of benzene rings is 1. The van der Waals surface area contributed by atoms with Gasteiger partial charge in [-0.05, 0) is 24.3 Å². The van der Waals surface area contributed by atoms with Crippen LogP contribution in [0.4, 0.5) is 0 Å². The average molecular weight is 316 g/mol. The summed E-state index contributed by atoms with van der Waals surface area (Å²) in [6.45, 7) is 0. The number of imidazole rings is 2. The second-order valence-electron chi connectivity index (χ2n) is 6.02. The number of hydrogen-bond donors (Lipinski definition) is 0. The van der Waals surface area contributed by atoms with Crippen LogP contribution in [-0.4, -0.2) is 28.2 Å². The van der Waals surface area contributed by atoms with Crippen LogP contribution in [0.5, 0.6) is 0 Å². The molecule has 0 aliphatic heterocycles. The molecule has 0 bridgehead atoms. The zero-order valence-corrected chi connectivity index (χ0v) is 13.5. The molecule has 4 heterocycles. The lowest BCUT2D eigenvalue weighted by atomic mass is 10.2. The van der Waals surface area contributed by atoms with Gasteiger partial charge in [0.2, 0.25) is 11.9 Å². The summed E-state index contributed by atoms with van der Waals surface area (Å²) >= 11 is 0. The summed E-state index contributed by atoms with van der Waals surface area (Å²) in [5.41, 5.74) is 2.26. The van der Waals surface area contributed by atoms with E-state index in [4.69, 9.17) is 0 Å². The van der Waals surface area contributed by atoms with Crippen molar-refractivity contribution < 1.29 is 0 Å². The Bertz CT molecular complexity index is 1090. The van der Waals surface area contributed by atoms with Crippen LogP contribution < -0.4 is 0 Å². The van der Waals surface area contributed by atoms with Crippen molar-refractivity contribution in [3.63, 3.8) is 0 Å². The maximum atomic E-state index is 4.47. The second-order valence-corrected chi connectivity index (χ2v) is 6.02. The molecule has 0 N–H and O–H groups in total. The van der Waals surface area contributed by atoms with Crippen molar-refractivity contribution in [2.24, 2.45) is 14.1 Å². The Kier molecular flexibility index (Phi) is 2.53. The lowest BCUT2D eigenvalue weighted by Gasteiger charge is -2.07. The summed E-state index contributed by atoms with van der Waals surface area (Å²) in [5.74, 6) is 1.80. The van der Waals surface area contributed by atoms with Crippen molar-refractivity contribution in [2.45, 2.75) is 0 Å². The van der Waals surface area contributed by atoms with Gasteiger partial charge >= 0.3 is 0 Å². The number of nitrogens with zero attached hydrogens (tertiary/aromatic N) is 6. The molecule has 0 saturated carbocycles. The zero-order chi connectivity index (χ0) is 16.3. The molecule has 0 radical (unpaired) electrons.